The first kappa shape index (κ1) is 10.7. The Morgan fingerprint density at radius 1 is 1.17 bits per heavy atom. The van der Waals surface area contributed by atoms with Gasteiger partial charge in [-0.25, -0.2) is 4.52 Å². The van der Waals surface area contributed by atoms with Gasteiger partial charge in [-0.2, -0.15) is 5.10 Å². The van der Waals surface area contributed by atoms with Crippen molar-refractivity contribution in [2.24, 2.45) is 0 Å². The molecule has 5 heteroatoms. The third-order valence-electron chi connectivity index (χ3n) is 2.94. The van der Waals surface area contributed by atoms with E-state index in [2.05, 4.69) is 5.10 Å². The molecule has 1 aromatic carbocycles. The Kier molecular flexibility index (Phi) is 2.44. The van der Waals surface area contributed by atoms with Gasteiger partial charge in [0.15, 0.2) is 0 Å². The first-order chi connectivity index (χ1) is 8.78. The number of pyridine rings is 1. The van der Waals surface area contributed by atoms with Crippen molar-refractivity contribution < 1.29 is 4.65 Å². The number of anilines is 1. The molecule has 0 unspecified atom stereocenters. The summed E-state index contributed by atoms with van der Waals surface area (Å²) in [5.41, 5.74) is 9.68. The molecule has 0 fully saturated rings. The van der Waals surface area contributed by atoms with E-state index in [-0.39, 0.29) is 0 Å². The molecule has 0 aliphatic heterocycles. The fourth-order valence-electron chi connectivity index (χ4n) is 2.01. The molecule has 2 heterocycles. The molecule has 0 saturated heterocycles. The zero-order valence-corrected chi connectivity index (χ0v) is 10.00. The lowest BCUT2D eigenvalue weighted by molar-refractivity contribution is 0.608. The zero-order valence-electron chi connectivity index (χ0n) is 10.00. The second-order valence-electron chi connectivity index (χ2n) is 4.08. The molecule has 0 amide bonds. The lowest BCUT2D eigenvalue weighted by Gasteiger charge is -2.08. The van der Waals surface area contributed by atoms with E-state index in [4.69, 9.17) is 10.4 Å². The molecular formula is C13H12BN3O. The molecule has 0 aliphatic carbocycles. The summed E-state index contributed by atoms with van der Waals surface area (Å²) < 4.78 is 7.10. The summed E-state index contributed by atoms with van der Waals surface area (Å²) in [6.07, 6.45) is 3.63. The molecule has 0 bridgehead atoms. The van der Waals surface area contributed by atoms with Crippen LogP contribution < -0.4 is 10.4 Å². The van der Waals surface area contributed by atoms with Gasteiger partial charge in [0.05, 0.1) is 17.9 Å². The van der Waals surface area contributed by atoms with E-state index >= 15 is 0 Å². The van der Waals surface area contributed by atoms with Crippen LogP contribution in [0, 0.1) is 0 Å². The minimum atomic E-state index is 0.756. The van der Waals surface area contributed by atoms with Crippen LogP contribution in [0.4, 0.5) is 5.69 Å². The highest BCUT2D eigenvalue weighted by Crippen LogP contribution is 2.28. The third-order valence-corrected chi connectivity index (χ3v) is 2.94. The molecule has 2 aromatic heterocycles. The second kappa shape index (κ2) is 4.11. The van der Waals surface area contributed by atoms with E-state index in [1.165, 1.54) is 0 Å². The molecule has 0 atom stereocenters. The van der Waals surface area contributed by atoms with Crippen molar-refractivity contribution in [3.05, 3.63) is 48.8 Å². The van der Waals surface area contributed by atoms with Gasteiger partial charge in [0.25, 0.3) is 0 Å². The molecule has 4 nitrogen and oxygen atoms in total. The summed E-state index contributed by atoms with van der Waals surface area (Å²) in [7, 11) is 1.65. The van der Waals surface area contributed by atoms with Crippen LogP contribution in [-0.2, 0) is 0 Å². The van der Waals surface area contributed by atoms with Gasteiger partial charge in [0.2, 0.25) is 0 Å². The molecule has 0 spiro atoms. The smallest absolute Gasteiger partial charge is 0.322 e. The van der Waals surface area contributed by atoms with Crippen molar-refractivity contribution in [3.8, 4) is 16.9 Å². The van der Waals surface area contributed by atoms with Crippen molar-refractivity contribution in [2.45, 2.75) is 0 Å². The first-order valence-electron chi connectivity index (χ1n) is 5.65. The number of nitrogens with zero attached hydrogens (tertiary/aromatic N) is 2. The number of nitrogen functional groups attached to an aromatic ring is 1. The van der Waals surface area contributed by atoms with Gasteiger partial charge < -0.3 is 10.4 Å². The monoisotopic (exact) mass is 237 g/mol. The van der Waals surface area contributed by atoms with E-state index in [0.717, 1.165) is 28.1 Å². The predicted molar refractivity (Wildman–Crippen MR) is 74.2 cm³/mol. The average molecular weight is 237 g/mol. The molecule has 0 radical (unpaired) electrons. The number of aromatic nitrogens is 2. The zero-order chi connectivity index (χ0) is 12.5. The molecule has 0 aliphatic rings. The van der Waals surface area contributed by atoms with Gasteiger partial charge in [-0.05, 0) is 29.8 Å². The van der Waals surface area contributed by atoms with Crippen LogP contribution in [0.2, 0.25) is 0 Å². The third kappa shape index (κ3) is 1.70. The van der Waals surface area contributed by atoms with Gasteiger partial charge >= 0.3 is 8.05 Å². The van der Waals surface area contributed by atoms with E-state index in [1.807, 2.05) is 47.1 Å². The van der Waals surface area contributed by atoms with Crippen LogP contribution in [-0.4, -0.2) is 17.7 Å². The Balaban J connectivity index is 2.26. The van der Waals surface area contributed by atoms with Crippen LogP contribution >= 0.6 is 0 Å². The van der Waals surface area contributed by atoms with Gasteiger partial charge in [0.1, 0.15) is 5.75 Å². The normalized spacial score (nSPS) is 10.7. The number of rotatable bonds is 2. The maximum atomic E-state index is 5.71. The number of hydrogen-bond acceptors (Lipinski definition) is 3. The summed E-state index contributed by atoms with van der Waals surface area (Å²) in [4.78, 5) is 0. The Morgan fingerprint density at radius 2 is 1.94 bits per heavy atom. The van der Waals surface area contributed by atoms with E-state index in [9.17, 15) is 0 Å². The number of benzene rings is 1. The molecule has 0 saturated carbocycles. The highest BCUT2D eigenvalue weighted by atomic mass is 16.4. The minimum Gasteiger partial charge on any atom is -0.567 e. The van der Waals surface area contributed by atoms with Gasteiger partial charge in [-0.15, -0.1) is 0 Å². The van der Waals surface area contributed by atoms with Crippen molar-refractivity contribution in [3.63, 3.8) is 0 Å². The summed E-state index contributed by atoms with van der Waals surface area (Å²) in [6.45, 7) is 0. The molecule has 18 heavy (non-hydrogen) atoms. The number of fused-ring (bicyclic) bond motifs is 1. The molecule has 2 N–H and O–H groups in total. The Hall–Kier alpha value is -2.43. The van der Waals surface area contributed by atoms with Gasteiger partial charge in [0, 0.05) is 11.3 Å². The summed E-state index contributed by atoms with van der Waals surface area (Å²) in [5.74, 6) is 0.776. The standard InChI is InChI=1S/C13H12BN3O/c14-18-11-7-12(9-1-3-10(15)4-2-9)13-5-6-16-17(13)8-11/h1-8H,14-15H2. The fraction of sp³-hybridized carbons (Fsp3) is 0. The summed E-state index contributed by atoms with van der Waals surface area (Å²) in [6, 6.07) is 11.8. The van der Waals surface area contributed by atoms with Crippen LogP contribution in [0.15, 0.2) is 48.8 Å². The van der Waals surface area contributed by atoms with Crippen LogP contribution in [0.3, 0.4) is 0 Å². The minimum absolute atomic E-state index is 0.756. The maximum absolute atomic E-state index is 5.71. The van der Waals surface area contributed by atoms with Crippen LogP contribution in [0.1, 0.15) is 0 Å². The molecule has 88 valence electrons. The fourth-order valence-corrected chi connectivity index (χ4v) is 2.01. The second-order valence-corrected chi connectivity index (χ2v) is 4.08. The van der Waals surface area contributed by atoms with Crippen molar-refractivity contribution in [2.75, 3.05) is 5.73 Å². The highest BCUT2D eigenvalue weighted by molar-refractivity contribution is 6.00. The van der Waals surface area contributed by atoms with Crippen LogP contribution in [0.25, 0.3) is 16.6 Å². The highest BCUT2D eigenvalue weighted by Gasteiger charge is 2.07. The average Bonchev–Trinajstić information content (AvgIpc) is 2.86. The molecule has 3 aromatic rings. The molecule has 3 rings (SSSR count). The maximum Gasteiger partial charge on any atom is 0.322 e. The first-order valence-corrected chi connectivity index (χ1v) is 5.65. The Labute approximate surface area is 105 Å². The molecular weight excluding hydrogens is 225 g/mol. The largest absolute Gasteiger partial charge is 0.567 e. The number of nitrogens with two attached hydrogens (primary N) is 1. The lowest BCUT2D eigenvalue weighted by atomic mass is 10.0. The quantitative estimate of drug-likeness (QED) is 0.543. The summed E-state index contributed by atoms with van der Waals surface area (Å²) >= 11 is 0. The Bertz CT molecular complexity index is 691. The van der Waals surface area contributed by atoms with Gasteiger partial charge in [-0.1, -0.05) is 12.1 Å². The number of hydrogen-bond donors (Lipinski definition) is 1. The lowest BCUT2D eigenvalue weighted by Crippen LogP contribution is -1.94. The van der Waals surface area contributed by atoms with Crippen LogP contribution in [0.5, 0.6) is 5.75 Å². The SMILES string of the molecule is BOc1cc(-c2ccc(N)cc2)c2ccnn2c1. The van der Waals surface area contributed by atoms with Crippen molar-refractivity contribution >= 4 is 19.3 Å². The summed E-state index contributed by atoms with van der Waals surface area (Å²) in [5, 5.41) is 4.24. The van der Waals surface area contributed by atoms with Crippen molar-refractivity contribution in [1.29, 1.82) is 0 Å². The van der Waals surface area contributed by atoms with E-state index in [0.29, 0.717) is 0 Å². The van der Waals surface area contributed by atoms with E-state index in [1.54, 1.807) is 14.2 Å². The topological polar surface area (TPSA) is 52.5 Å². The Morgan fingerprint density at radius 3 is 2.67 bits per heavy atom. The predicted octanol–water partition coefficient (Wildman–Crippen LogP) is 1.51. The van der Waals surface area contributed by atoms with Crippen molar-refractivity contribution in [1.82, 2.24) is 9.61 Å². The van der Waals surface area contributed by atoms with Gasteiger partial charge in [-0.3, -0.25) is 0 Å². The van der Waals surface area contributed by atoms with E-state index < -0.39 is 0 Å².